The Hall–Kier alpha value is -3.62. The Morgan fingerprint density at radius 3 is 2.17 bits per heavy atom. The van der Waals surface area contributed by atoms with Gasteiger partial charge in [-0.05, 0) is 43.3 Å². The van der Waals surface area contributed by atoms with E-state index in [1.807, 2.05) is 6.92 Å². The molecular weight excluding hydrogens is 374 g/mol. The highest BCUT2D eigenvalue weighted by Crippen LogP contribution is 2.21. The topological polar surface area (TPSA) is 108 Å². The smallest absolute Gasteiger partial charge is 0.321 e. The molecule has 0 atom stereocenters. The van der Waals surface area contributed by atoms with E-state index in [0.717, 1.165) is 5.69 Å². The lowest BCUT2D eigenvalue weighted by molar-refractivity contribution is -0.384. The number of piperazine rings is 1. The Morgan fingerprint density at radius 1 is 1.00 bits per heavy atom. The van der Waals surface area contributed by atoms with Gasteiger partial charge in [0.1, 0.15) is 0 Å². The zero-order chi connectivity index (χ0) is 20.8. The fraction of sp³-hybridized carbons (Fsp3) is 0.300. The van der Waals surface area contributed by atoms with Gasteiger partial charge < -0.3 is 20.4 Å². The number of carbonyl (C=O) groups excluding carboxylic acids is 2. The highest BCUT2D eigenvalue weighted by Gasteiger charge is 2.22. The second-order valence-corrected chi connectivity index (χ2v) is 6.61. The van der Waals surface area contributed by atoms with Gasteiger partial charge in [-0.2, -0.15) is 0 Å². The standard InChI is InChI=1S/C20H23N5O4/c1-2-21-19(26)15-3-5-16(6-4-15)22-20(27)24-13-11-23(12-14-24)17-7-9-18(10-8-17)25(28)29/h3-10H,2,11-14H2,1H3,(H,21,26)(H,22,27). The molecule has 2 aromatic rings. The van der Waals surface area contributed by atoms with Gasteiger partial charge in [0.15, 0.2) is 0 Å². The average Bonchev–Trinajstić information content (AvgIpc) is 2.74. The number of hydrogen-bond donors (Lipinski definition) is 2. The lowest BCUT2D eigenvalue weighted by atomic mass is 10.2. The molecular formula is C20H23N5O4. The van der Waals surface area contributed by atoms with E-state index in [0.29, 0.717) is 44.0 Å². The van der Waals surface area contributed by atoms with Gasteiger partial charge in [-0.15, -0.1) is 0 Å². The molecule has 0 saturated carbocycles. The van der Waals surface area contributed by atoms with Gasteiger partial charge in [0.2, 0.25) is 0 Å². The summed E-state index contributed by atoms with van der Waals surface area (Å²) in [6.45, 7) is 4.78. The van der Waals surface area contributed by atoms with Crippen LogP contribution in [0.15, 0.2) is 48.5 Å². The molecule has 0 aliphatic carbocycles. The highest BCUT2D eigenvalue weighted by molar-refractivity contribution is 5.95. The first-order valence-corrected chi connectivity index (χ1v) is 9.41. The predicted molar refractivity (Wildman–Crippen MR) is 110 cm³/mol. The van der Waals surface area contributed by atoms with Crippen molar-refractivity contribution in [1.82, 2.24) is 10.2 Å². The minimum absolute atomic E-state index is 0.0601. The van der Waals surface area contributed by atoms with Crippen molar-refractivity contribution in [3.63, 3.8) is 0 Å². The predicted octanol–water partition coefficient (Wildman–Crippen LogP) is 2.70. The molecule has 9 nitrogen and oxygen atoms in total. The molecule has 0 unspecified atom stereocenters. The maximum Gasteiger partial charge on any atom is 0.321 e. The van der Waals surface area contributed by atoms with E-state index in [2.05, 4.69) is 15.5 Å². The first-order valence-electron chi connectivity index (χ1n) is 9.41. The van der Waals surface area contributed by atoms with E-state index in [1.54, 1.807) is 41.3 Å². The van der Waals surface area contributed by atoms with E-state index in [4.69, 9.17) is 0 Å². The number of nitro groups is 1. The maximum atomic E-state index is 12.5. The van der Waals surface area contributed by atoms with Crippen LogP contribution in [0.25, 0.3) is 0 Å². The number of hydrogen-bond acceptors (Lipinski definition) is 5. The van der Waals surface area contributed by atoms with Crippen LogP contribution in [0.2, 0.25) is 0 Å². The molecule has 2 aromatic carbocycles. The number of nitrogens with one attached hydrogen (secondary N) is 2. The summed E-state index contributed by atoms with van der Waals surface area (Å²) in [6.07, 6.45) is 0. The van der Waals surface area contributed by atoms with Crippen molar-refractivity contribution in [2.75, 3.05) is 42.9 Å². The van der Waals surface area contributed by atoms with Crippen molar-refractivity contribution < 1.29 is 14.5 Å². The van der Waals surface area contributed by atoms with Crippen LogP contribution in [0.5, 0.6) is 0 Å². The molecule has 3 amide bonds. The van der Waals surface area contributed by atoms with E-state index in [9.17, 15) is 19.7 Å². The molecule has 1 heterocycles. The largest absolute Gasteiger partial charge is 0.368 e. The van der Waals surface area contributed by atoms with Gasteiger partial charge in [-0.3, -0.25) is 14.9 Å². The third kappa shape index (κ3) is 5.01. The number of anilines is 2. The molecule has 0 bridgehead atoms. The van der Waals surface area contributed by atoms with Crippen LogP contribution in [0, 0.1) is 10.1 Å². The Morgan fingerprint density at radius 2 is 1.62 bits per heavy atom. The molecule has 1 saturated heterocycles. The summed E-state index contributed by atoms with van der Waals surface area (Å²) in [6, 6.07) is 13.0. The molecule has 1 aliphatic heterocycles. The summed E-state index contributed by atoms with van der Waals surface area (Å²) in [7, 11) is 0. The lowest BCUT2D eigenvalue weighted by Gasteiger charge is -2.36. The van der Waals surface area contributed by atoms with Gasteiger partial charge in [-0.1, -0.05) is 0 Å². The fourth-order valence-electron chi connectivity index (χ4n) is 3.12. The number of benzene rings is 2. The summed E-state index contributed by atoms with van der Waals surface area (Å²) in [5, 5.41) is 16.3. The van der Waals surface area contributed by atoms with Gasteiger partial charge >= 0.3 is 6.03 Å². The SMILES string of the molecule is CCNC(=O)c1ccc(NC(=O)N2CCN(c3ccc([N+](=O)[O-])cc3)CC2)cc1. The molecule has 3 rings (SSSR count). The van der Waals surface area contributed by atoms with Crippen LogP contribution in [-0.2, 0) is 0 Å². The van der Waals surface area contributed by atoms with Crippen LogP contribution >= 0.6 is 0 Å². The summed E-state index contributed by atoms with van der Waals surface area (Å²) in [5.74, 6) is -0.146. The summed E-state index contributed by atoms with van der Waals surface area (Å²) in [5.41, 5.74) is 2.13. The first kappa shape index (κ1) is 20.1. The van der Waals surface area contributed by atoms with Crippen LogP contribution in [0.3, 0.4) is 0 Å². The normalized spacial score (nSPS) is 13.7. The quantitative estimate of drug-likeness (QED) is 0.596. The fourth-order valence-corrected chi connectivity index (χ4v) is 3.12. The molecule has 29 heavy (non-hydrogen) atoms. The minimum atomic E-state index is -0.422. The van der Waals surface area contributed by atoms with E-state index in [1.165, 1.54) is 12.1 Å². The van der Waals surface area contributed by atoms with Crippen molar-refractivity contribution in [1.29, 1.82) is 0 Å². The summed E-state index contributed by atoms with van der Waals surface area (Å²) in [4.78, 5) is 38.4. The Labute approximate surface area is 168 Å². The van der Waals surface area contributed by atoms with Gasteiger partial charge in [-0.25, -0.2) is 4.79 Å². The van der Waals surface area contributed by atoms with Gasteiger partial charge in [0.05, 0.1) is 4.92 Å². The third-order valence-corrected chi connectivity index (χ3v) is 4.73. The number of urea groups is 1. The first-order chi connectivity index (χ1) is 14.0. The maximum absolute atomic E-state index is 12.5. The molecule has 9 heteroatoms. The monoisotopic (exact) mass is 397 g/mol. The van der Waals surface area contributed by atoms with E-state index < -0.39 is 4.92 Å². The van der Waals surface area contributed by atoms with Crippen molar-refractivity contribution in [2.45, 2.75) is 6.92 Å². The van der Waals surface area contributed by atoms with Crippen LogP contribution < -0.4 is 15.5 Å². The van der Waals surface area contributed by atoms with E-state index >= 15 is 0 Å². The molecule has 0 radical (unpaired) electrons. The minimum Gasteiger partial charge on any atom is -0.368 e. The summed E-state index contributed by atoms with van der Waals surface area (Å²) < 4.78 is 0. The second-order valence-electron chi connectivity index (χ2n) is 6.61. The Kier molecular flexibility index (Phi) is 6.28. The molecule has 1 aliphatic rings. The Balaban J connectivity index is 1.52. The zero-order valence-corrected chi connectivity index (χ0v) is 16.1. The second kappa shape index (κ2) is 9.05. The molecule has 0 aromatic heterocycles. The average molecular weight is 397 g/mol. The molecule has 2 N–H and O–H groups in total. The number of rotatable bonds is 5. The van der Waals surface area contributed by atoms with Crippen molar-refractivity contribution in [2.24, 2.45) is 0 Å². The lowest BCUT2D eigenvalue weighted by Crippen LogP contribution is -2.50. The number of amides is 3. The van der Waals surface area contributed by atoms with Crippen molar-refractivity contribution in [3.8, 4) is 0 Å². The zero-order valence-electron chi connectivity index (χ0n) is 16.1. The summed E-state index contributed by atoms with van der Waals surface area (Å²) >= 11 is 0. The van der Waals surface area contributed by atoms with Crippen molar-refractivity contribution in [3.05, 3.63) is 64.2 Å². The van der Waals surface area contributed by atoms with Gasteiger partial charge in [0.25, 0.3) is 11.6 Å². The number of nitro benzene ring substituents is 1. The van der Waals surface area contributed by atoms with Crippen LogP contribution in [0.4, 0.5) is 21.9 Å². The molecule has 152 valence electrons. The Bertz CT molecular complexity index is 875. The molecule has 1 fully saturated rings. The van der Waals surface area contributed by atoms with Crippen LogP contribution in [-0.4, -0.2) is 54.5 Å². The molecule has 0 spiro atoms. The number of carbonyl (C=O) groups is 2. The third-order valence-electron chi connectivity index (χ3n) is 4.73. The van der Waals surface area contributed by atoms with Gasteiger partial charge in [0, 0.05) is 61.8 Å². The highest BCUT2D eigenvalue weighted by atomic mass is 16.6. The number of nitrogens with zero attached hydrogens (tertiary/aromatic N) is 3. The van der Waals surface area contributed by atoms with E-state index in [-0.39, 0.29) is 17.6 Å². The van der Waals surface area contributed by atoms with Crippen molar-refractivity contribution >= 4 is 29.0 Å². The number of non-ortho nitro benzene ring substituents is 1. The van der Waals surface area contributed by atoms with Crippen LogP contribution in [0.1, 0.15) is 17.3 Å².